The summed E-state index contributed by atoms with van der Waals surface area (Å²) in [6.07, 6.45) is 3.41. The van der Waals surface area contributed by atoms with Gasteiger partial charge in [0.1, 0.15) is 5.69 Å². The van der Waals surface area contributed by atoms with Crippen molar-refractivity contribution >= 4 is 21.6 Å². The first-order valence-electron chi connectivity index (χ1n) is 9.33. The summed E-state index contributed by atoms with van der Waals surface area (Å²) in [5.74, 6) is -0.103. The highest BCUT2D eigenvalue weighted by Crippen LogP contribution is 2.32. The molecule has 1 aromatic carbocycles. The molecule has 7 nitrogen and oxygen atoms in total. The van der Waals surface area contributed by atoms with E-state index < -0.39 is 10.0 Å². The van der Waals surface area contributed by atoms with Crippen molar-refractivity contribution in [2.75, 3.05) is 24.5 Å². The van der Waals surface area contributed by atoms with E-state index in [1.165, 1.54) is 0 Å². The van der Waals surface area contributed by atoms with E-state index in [2.05, 4.69) is 5.10 Å². The van der Waals surface area contributed by atoms with Gasteiger partial charge in [0.2, 0.25) is 10.0 Å². The monoisotopic (exact) mass is 388 g/mol. The van der Waals surface area contributed by atoms with Gasteiger partial charge in [-0.25, -0.2) is 8.42 Å². The Kier molecular flexibility index (Phi) is 4.55. The van der Waals surface area contributed by atoms with Crippen LogP contribution in [0.4, 0.5) is 5.69 Å². The Labute approximate surface area is 159 Å². The summed E-state index contributed by atoms with van der Waals surface area (Å²) >= 11 is 0. The fraction of sp³-hybridized carbons (Fsp3) is 0.474. The molecule has 27 heavy (non-hydrogen) atoms. The molecule has 2 aromatic rings. The number of carbonyl (C=O) groups is 1. The van der Waals surface area contributed by atoms with Gasteiger partial charge in [-0.1, -0.05) is 0 Å². The number of aryl methyl sites for hydroxylation is 3. The molecular formula is C19H24N4O3S. The van der Waals surface area contributed by atoms with E-state index in [1.807, 2.05) is 6.92 Å². The first-order chi connectivity index (χ1) is 12.9. The fourth-order valence-corrected chi connectivity index (χ4v) is 5.54. The predicted octanol–water partition coefficient (Wildman–Crippen LogP) is 2.11. The van der Waals surface area contributed by atoms with E-state index in [1.54, 1.807) is 45.2 Å². The molecule has 1 fully saturated rings. The summed E-state index contributed by atoms with van der Waals surface area (Å²) in [5.41, 5.74) is 3.04. The molecule has 0 radical (unpaired) electrons. The number of hydrogen-bond acceptors (Lipinski definition) is 4. The van der Waals surface area contributed by atoms with Crippen LogP contribution in [-0.4, -0.2) is 48.0 Å². The van der Waals surface area contributed by atoms with Gasteiger partial charge in [-0.3, -0.25) is 9.48 Å². The third kappa shape index (κ3) is 3.17. The first-order valence-corrected chi connectivity index (χ1v) is 10.8. The van der Waals surface area contributed by atoms with Crippen LogP contribution in [-0.2, 0) is 23.5 Å². The summed E-state index contributed by atoms with van der Waals surface area (Å²) in [6, 6.07) is 6.94. The Balaban J connectivity index is 1.68. The maximum Gasteiger partial charge on any atom is 0.276 e. The van der Waals surface area contributed by atoms with Crippen LogP contribution in [0.1, 0.15) is 41.0 Å². The lowest BCUT2D eigenvalue weighted by Gasteiger charge is -2.30. The Bertz CT molecular complexity index is 990. The molecular weight excluding hydrogens is 364 g/mol. The first kappa shape index (κ1) is 18.2. The van der Waals surface area contributed by atoms with E-state index in [9.17, 15) is 13.2 Å². The van der Waals surface area contributed by atoms with Crippen LogP contribution in [0.25, 0.3) is 0 Å². The van der Waals surface area contributed by atoms with E-state index in [-0.39, 0.29) is 5.91 Å². The number of benzene rings is 1. The van der Waals surface area contributed by atoms with Gasteiger partial charge in [0.15, 0.2) is 0 Å². The number of rotatable bonds is 3. The van der Waals surface area contributed by atoms with Crippen molar-refractivity contribution in [1.29, 1.82) is 0 Å². The van der Waals surface area contributed by atoms with E-state index in [4.69, 9.17) is 0 Å². The molecule has 4 rings (SSSR count). The van der Waals surface area contributed by atoms with Crippen molar-refractivity contribution in [1.82, 2.24) is 14.1 Å². The average molecular weight is 388 g/mol. The molecule has 144 valence electrons. The zero-order valence-corrected chi connectivity index (χ0v) is 16.5. The largest absolute Gasteiger partial charge is 0.307 e. The van der Waals surface area contributed by atoms with Gasteiger partial charge >= 0.3 is 0 Å². The van der Waals surface area contributed by atoms with Crippen molar-refractivity contribution < 1.29 is 13.2 Å². The lowest BCUT2D eigenvalue weighted by atomic mass is 10.0. The van der Waals surface area contributed by atoms with E-state index in [0.717, 1.165) is 42.6 Å². The minimum absolute atomic E-state index is 0.103. The number of fused-ring (bicyclic) bond motifs is 1. The van der Waals surface area contributed by atoms with Gasteiger partial charge < -0.3 is 4.90 Å². The topological polar surface area (TPSA) is 75.5 Å². The zero-order chi connectivity index (χ0) is 19.2. The molecule has 0 atom stereocenters. The zero-order valence-electron chi connectivity index (χ0n) is 15.7. The van der Waals surface area contributed by atoms with E-state index >= 15 is 0 Å². The highest BCUT2D eigenvalue weighted by molar-refractivity contribution is 7.89. The van der Waals surface area contributed by atoms with Crippen LogP contribution in [0.5, 0.6) is 0 Å². The third-order valence-electron chi connectivity index (χ3n) is 5.34. The second kappa shape index (κ2) is 6.76. The van der Waals surface area contributed by atoms with Gasteiger partial charge in [0.05, 0.1) is 10.6 Å². The summed E-state index contributed by atoms with van der Waals surface area (Å²) in [4.78, 5) is 15.1. The fourth-order valence-electron chi connectivity index (χ4n) is 3.97. The normalized spacial score (nSPS) is 17.9. The van der Waals surface area contributed by atoms with Gasteiger partial charge in [-0.15, -0.1) is 0 Å². The number of hydrogen-bond donors (Lipinski definition) is 0. The molecule has 0 aliphatic carbocycles. The number of nitrogens with zero attached hydrogens (tertiary/aromatic N) is 4. The van der Waals surface area contributed by atoms with Crippen molar-refractivity contribution in [2.45, 2.75) is 37.5 Å². The standard InChI is InChI=1S/C19H24N4O3S/c1-14-12-18(21(2)20-14)19(24)23-11-5-6-15-13-16(7-8-17(15)23)27(25,26)22-9-3-4-10-22/h7-8,12-13H,3-6,9-11H2,1-2H3. The SMILES string of the molecule is Cc1cc(C(=O)N2CCCc3cc(S(=O)(=O)N4CCCC4)ccc32)n(C)n1. The van der Waals surface area contributed by atoms with E-state index in [0.29, 0.717) is 30.2 Å². The summed E-state index contributed by atoms with van der Waals surface area (Å²) in [6.45, 7) is 3.65. The van der Waals surface area contributed by atoms with Crippen LogP contribution >= 0.6 is 0 Å². The van der Waals surface area contributed by atoms with Crippen molar-refractivity contribution in [3.05, 3.63) is 41.2 Å². The Hall–Kier alpha value is -2.19. The van der Waals surface area contributed by atoms with Gasteiger partial charge in [0, 0.05) is 32.4 Å². The quantitative estimate of drug-likeness (QED) is 0.807. The Morgan fingerprint density at radius 2 is 1.81 bits per heavy atom. The average Bonchev–Trinajstić information content (AvgIpc) is 3.30. The van der Waals surface area contributed by atoms with Gasteiger partial charge in [-0.2, -0.15) is 9.40 Å². The summed E-state index contributed by atoms with van der Waals surface area (Å²) < 4.78 is 28.8. The van der Waals surface area contributed by atoms with Crippen molar-refractivity contribution in [3.63, 3.8) is 0 Å². The smallest absolute Gasteiger partial charge is 0.276 e. The minimum Gasteiger partial charge on any atom is -0.307 e. The van der Waals surface area contributed by atoms with Crippen molar-refractivity contribution in [2.24, 2.45) is 7.05 Å². The molecule has 0 bridgehead atoms. The van der Waals surface area contributed by atoms with Gasteiger partial charge in [-0.05, 0) is 62.4 Å². The lowest BCUT2D eigenvalue weighted by Crippen LogP contribution is -2.36. The second-order valence-electron chi connectivity index (χ2n) is 7.26. The molecule has 0 spiro atoms. The molecule has 0 N–H and O–H groups in total. The number of sulfonamides is 1. The Morgan fingerprint density at radius 3 is 2.48 bits per heavy atom. The van der Waals surface area contributed by atoms with Crippen LogP contribution in [0.15, 0.2) is 29.2 Å². The highest BCUT2D eigenvalue weighted by Gasteiger charge is 2.30. The molecule has 1 amide bonds. The Morgan fingerprint density at radius 1 is 1.07 bits per heavy atom. The summed E-state index contributed by atoms with van der Waals surface area (Å²) in [7, 11) is -1.69. The maximum atomic E-state index is 13.0. The number of amides is 1. The second-order valence-corrected chi connectivity index (χ2v) is 9.19. The molecule has 0 saturated carbocycles. The molecule has 2 aliphatic heterocycles. The highest BCUT2D eigenvalue weighted by atomic mass is 32.2. The third-order valence-corrected chi connectivity index (χ3v) is 7.23. The maximum absolute atomic E-state index is 13.0. The molecule has 8 heteroatoms. The molecule has 3 heterocycles. The summed E-state index contributed by atoms with van der Waals surface area (Å²) in [5, 5.41) is 4.26. The van der Waals surface area contributed by atoms with Crippen LogP contribution in [0.2, 0.25) is 0 Å². The lowest BCUT2D eigenvalue weighted by molar-refractivity contribution is 0.0976. The van der Waals surface area contributed by atoms with Crippen molar-refractivity contribution in [3.8, 4) is 0 Å². The number of aromatic nitrogens is 2. The predicted molar refractivity (Wildman–Crippen MR) is 102 cm³/mol. The molecule has 1 saturated heterocycles. The molecule has 0 unspecified atom stereocenters. The van der Waals surface area contributed by atoms with Crippen LogP contribution in [0.3, 0.4) is 0 Å². The van der Waals surface area contributed by atoms with Crippen LogP contribution in [0, 0.1) is 6.92 Å². The van der Waals surface area contributed by atoms with Gasteiger partial charge in [0.25, 0.3) is 5.91 Å². The molecule has 1 aromatic heterocycles. The number of carbonyl (C=O) groups excluding carboxylic acids is 1. The minimum atomic E-state index is -3.45. The molecule has 2 aliphatic rings. The van der Waals surface area contributed by atoms with Crippen LogP contribution < -0.4 is 4.90 Å². The number of anilines is 1.